The van der Waals surface area contributed by atoms with Crippen molar-refractivity contribution in [3.63, 3.8) is 0 Å². The van der Waals surface area contributed by atoms with Gasteiger partial charge in [0.15, 0.2) is 15.7 Å². The van der Waals surface area contributed by atoms with Crippen LogP contribution in [0.5, 0.6) is 0 Å². The van der Waals surface area contributed by atoms with Gasteiger partial charge in [0.2, 0.25) is 0 Å². The SMILES string of the molecule is CCS(=O)(=O)c1cc(Br)cnc1-n1ncc2cc(C(F)(F)F)cnc2c1=O. The third-order valence-corrected chi connectivity index (χ3v) is 5.83. The van der Waals surface area contributed by atoms with Crippen molar-refractivity contribution in [1.82, 2.24) is 19.7 Å². The van der Waals surface area contributed by atoms with Gasteiger partial charge >= 0.3 is 6.18 Å². The number of alkyl halides is 3. The summed E-state index contributed by atoms with van der Waals surface area (Å²) < 4.78 is 64.1. The minimum atomic E-state index is -4.62. The fourth-order valence-electron chi connectivity index (χ4n) is 2.29. The fraction of sp³-hybridized carbons (Fsp3) is 0.200. The molecule has 0 aromatic carbocycles. The topological polar surface area (TPSA) is 94.8 Å². The minimum absolute atomic E-state index is 0.122. The third-order valence-electron chi connectivity index (χ3n) is 3.67. The van der Waals surface area contributed by atoms with Crippen molar-refractivity contribution in [1.29, 1.82) is 0 Å². The predicted octanol–water partition coefficient (Wildman–Crippen LogP) is 2.75. The molecular weight excluding hydrogens is 453 g/mol. The van der Waals surface area contributed by atoms with Gasteiger partial charge in [-0.05, 0) is 28.1 Å². The number of aromatic nitrogens is 4. The minimum Gasteiger partial charge on any atom is -0.265 e. The molecule has 0 aliphatic heterocycles. The number of hydrogen-bond donors (Lipinski definition) is 0. The molecule has 3 heterocycles. The number of rotatable bonds is 3. The first-order chi connectivity index (χ1) is 12.5. The highest BCUT2D eigenvalue weighted by Gasteiger charge is 2.31. The average Bonchev–Trinajstić information content (AvgIpc) is 2.61. The number of hydrogen-bond acceptors (Lipinski definition) is 6. The van der Waals surface area contributed by atoms with Crippen molar-refractivity contribution in [3.05, 3.63) is 51.1 Å². The Morgan fingerprint density at radius 1 is 1.15 bits per heavy atom. The van der Waals surface area contributed by atoms with Crippen molar-refractivity contribution < 1.29 is 21.6 Å². The van der Waals surface area contributed by atoms with Gasteiger partial charge in [-0.1, -0.05) is 6.92 Å². The first kappa shape index (κ1) is 19.4. The van der Waals surface area contributed by atoms with Crippen LogP contribution in [-0.4, -0.2) is 33.9 Å². The molecule has 0 unspecified atom stereocenters. The Morgan fingerprint density at radius 3 is 2.48 bits per heavy atom. The van der Waals surface area contributed by atoms with E-state index in [4.69, 9.17) is 0 Å². The molecule has 0 aliphatic rings. The smallest absolute Gasteiger partial charge is 0.265 e. The lowest BCUT2D eigenvalue weighted by molar-refractivity contribution is -0.137. The molecule has 0 aliphatic carbocycles. The predicted molar refractivity (Wildman–Crippen MR) is 93.4 cm³/mol. The second kappa shape index (κ2) is 6.68. The number of halogens is 4. The first-order valence-electron chi connectivity index (χ1n) is 7.38. The maximum absolute atomic E-state index is 12.8. The maximum atomic E-state index is 12.8. The number of sulfone groups is 1. The van der Waals surface area contributed by atoms with Crippen LogP contribution in [0.25, 0.3) is 16.7 Å². The van der Waals surface area contributed by atoms with Crippen LogP contribution < -0.4 is 5.56 Å². The molecule has 3 rings (SSSR count). The highest BCUT2D eigenvalue weighted by molar-refractivity contribution is 9.10. The van der Waals surface area contributed by atoms with Crippen LogP contribution in [0.1, 0.15) is 12.5 Å². The van der Waals surface area contributed by atoms with Crippen LogP contribution in [0.4, 0.5) is 13.2 Å². The first-order valence-corrected chi connectivity index (χ1v) is 9.83. The van der Waals surface area contributed by atoms with Crippen molar-refractivity contribution in [2.24, 2.45) is 0 Å². The van der Waals surface area contributed by atoms with Gasteiger partial charge in [-0.15, -0.1) is 0 Å². The van der Waals surface area contributed by atoms with E-state index < -0.39 is 27.1 Å². The zero-order chi connectivity index (χ0) is 20.0. The molecule has 0 atom stereocenters. The summed E-state index contributed by atoms with van der Waals surface area (Å²) in [5.41, 5.74) is -2.20. The zero-order valence-electron chi connectivity index (χ0n) is 13.5. The van der Waals surface area contributed by atoms with E-state index in [-0.39, 0.29) is 27.4 Å². The molecule has 7 nitrogen and oxygen atoms in total. The third kappa shape index (κ3) is 3.58. The standard InChI is InChI=1S/C15H10BrF3N4O3S/c1-2-27(25,26)11-4-10(16)7-21-13(11)23-14(24)12-8(5-22-23)3-9(6-20-12)15(17,18)19/h3-7H,2H2,1H3. The molecule has 142 valence electrons. The molecular formula is C15H10BrF3N4O3S. The van der Waals surface area contributed by atoms with E-state index in [0.29, 0.717) is 15.4 Å². The lowest BCUT2D eigenvalue weighted by Crippen LogP contribution is -2.25. The van der Waals surface area contributed by atoms with Crippen molar-refractivity contribution in [2.75, 3.05) is 5.75 Å². The van der Waals surface area contributed by atoms with E-state index in [1.54, 1.807) is 0 Å². The average molecular weight is 463 g/mol. The highest BCUT2D eigenvalue weighted by Crippen LogP contribution is 2.30. The van der Waals surface area contributed by atoms with Gasteiger partial charge in [0, 0.05) is 22.3 Å². The summed E-state index contributed by atoms with van der Waals surface area (Å²) in [5.74, 6) is -0.498. The summed E-state index contributed by atoms with van der Waals surface area (Å²) in [5, 5.41) is 3.67. The number of nitrogens with zero attached hydrogens (tertiary/aromatic N) is 4. The van der Waals surface area contributed by atoms with Crippen molar-refractivity contribution in [2.45, 2.75) is 18.0 Å². The largest absolute Gasteiger partial charge is 0.417 e. The Bertz CT molecular complexity index is 1210. The Morgan fingerprint density at radius 2 is 1.85 bits per heavy atom. The molecule has 0 N–H and O–H groups in total. The van der Waals surface area contributed by atoms with Crippen LogP contribution in [0.3, 0.4) is 0 Å². The molecule has 0 amide bonds. The second-order valence-corrected chi connectivity index (χ2v) is 8.56. The molecule has 0 bridgehead atoms. The summed E-state index contributed by atoms with van der Waals surface area (Å²) in [4.78, 5) is 20.0. The van der Waals surface area contributed by atoms with Gasteiger partial charge in [0.05, 0.1) is 17.5 Å². The van der Waals surface area contributed by atoms with Crippen LogP contribution >= 0.6 is 15.9 Å². The van der Waals surface area contributed by atoms with E-state index in [1.165, 1.54) is 19.2 Å². The van der Waals surface area contributed by atoms with Gasteiger partial charge in [0.1, 0.15) is 10.4 Å². The lowest BCUT2D eigenvalue weighted by Gasteiger charge is -2.11. The molecule has 0 saturated carbocycles. The van der Waals surface area contributed by atoms with Crippen LogP contribution in [-0.2, 0) is 16.0 Å². The summed E-state index contributed by atoms with van der Waals surface area (Å²) in [6.45, 7) is 1.43. The van der Waals surface area contributed by atoms with E-state index >= 15 is 0 Å². The Hall–Kier alpha value is -2.34. The molecule has 27 heavy (non-hydrogen) atoms. The van der Waals surface area contributed by atoms with E-state index in [1.807, 2.05) is 0 Å². The van der Waals surface area contributed by atoms with Gasteiger partial charge in [0.25, 0.3) is 5.56 Å². The Kier molecular flexibility index (Phi) is 4.80. The van der Waals surface area contributed by atoms with Crippen LogP contribution in [0, 0.1) is 0 Å². The molecule has 3 aromatic heterocycles. The summed E-state index contributed by atoms with van der Waals surface area (Å²) in [6.07, 6.45) is -1.80. The second-order valence-electron chi connectivity index (χ2n) is 5.40. The molecule has 0 spiro atoms. The van der Waals surface area contributed by atoms with Gasteiger partial charge < -0.3 is 0 Å². The van der Waals surface area contributed by atoms with Crippen molar-refractivity contribution >= 4 is 36.7 Å². The highest BCUT2D eigenvalue weighted by atomic mass is 79.9. The molecule has 3 aromatic rings. The number of fused-ring (bicyclic) bond motifs is 1. The molecule has 0 saturated heterocycles. The van der Waals surface area contributed by atoms with Gasteiger partial charge in [-0.2, -0.15) is 23.0 Å². The van der Waals surface area contributed by atoms with Crippen LogP contribution in [0.15, 0.2) is 44.9 Å². The maximum Gasteiger partial charge on any atom is 0.417 e. The fourth-order valence-corrected chi connectivity index (χ4v) is 3.81. The Balaban J connectivity index is 2.29. The number of pyridine rings is 2. The zero-order valence-corrected chi connectivity index (χ0v) is 15.9. The van der Waals surface area contributed by atoms with Crippen LogP contribution in [0.2, 0.25) is 0 Å². The van der Waals surface area contributed by atoms with Gasteiger partial charge in [-0.3, -0.25) is 4.79 Å². The molecule has 12 heteroatoms. The molecule has 0 radical (unpaired) electrons. The van der Waals surface area contributed by atoms with Gasteiger partial charge in [-0.25, -0.2) is 18.4 Å². The quantitative estimate of drug-likeness (QED) is 0.593. The lowest BCUT2D eigenvalue weighted by atomic mass is 10.2. The summed E-state index contributed by atoms with van der Waals surface area (Å²) >= 11 is 3.12. The summed E-state index contributed by atoms with van der Waals surface area (Å²) in [6, 6.07) is 2.03. The normalized spacial score (nSPS) is 12.5. The van der Waals surface area contributed by atoms with Crippen molar-refractivity contribution in [3.8, 4) is 5.82 Å². The summed E-state index contributed by atoms with van der Waals surface area (Å²) in [7, 11) is -3.76. The monoisotopic (exact) mass is 462 g/mol. The van der Waals surface area contributed by atoms with E-state index in [0.717, 1.165) is 12.3 Å². The molecule has 0 fully saturated rings. The Labute approximate surface area is 158 Å². The van der Waals surface area contributed by atoms with E-state index in [9.17, 15) is 26.4 Å². The van der Waals surface area contributed by atoms with E-state index in [2.05, 4.69) is 31.0 Å².